The Balaban J connectivity index is 2.43. The van der Waals surface area contributed by atoms with E-state index in [-0.39, 0.29) is 5.56 Å². The maximum Gasteiger partial charge on any atom is 0.369 e. The highest BCUT2D eigenvalue weighted by Crippen LogP contribution is 1.94. The van der Waals surface area contributed by atoms with E-state index in [9.17, 15) is 9.59 Å². The molecule has 0 unspecified atom stereocenters. The number of hydrogen-bond acceptors (Lipinski definition) is 3. The molecule has 1 aromatic heterocycles. The molecule has 0 atom stereocenters. The molecular weight excluding hydrogens is 172 g/mol. The summed E-state index contributed by atoms with van der Waals surface area (Å²) in [5.74, 6) is 0.359. The molecule has 0 aromatic carbocycles. The van der Waals surface area contributed by atoms with Crippen LogP contribution in [0.5, 0.6) is 0 Å². The number of aliphatic imine (C=N–C) groups is 2. The lowest BCUT2D eigenvalue weighted by Crippen LogP contribution is -2.15. The molecule has 0 saturated heterocycles. The van der Waals surface area contributed by atoms with Crippen molar-refractivity contribution in [3.05, 3.63) is 28.9 Å². The number of hydrogen-bond donors (Lipinski definition) is 0. The fourth-order valence-electron chi connectivity index (χ4n) is 0.873. The van der Waals surface area contributed by atoms with Gasteiger partial charge in [0.25, 0.3) is 5.56 Å². The third-order valence-electron chi connectivity index (χ3n) is 1.45. The number of urea groups is 1. The van der Waals surface area contributed by atoms with Crippen molar-refractivity contribution in [1.29, 1.82) is 0 Å². The molecule has 64 valence electrons. The van der Waals surface area contributed by atoms with Gasteiger partial charge in [0.1, 0.15) is 6.33 Å². The second kappa shape index (κ2) is 2.74. The molecule has 13 heavy (non-hydrogen) atoms. The Bertz CT molecular complexity index is 451. The summed E-state index contributed by atoms with van der Waals surface area (Å²) in [5.41, 5.74) is -0.335. The monoisotopic (exact) mass is 176 g/mol. The lowest BCUT2D eigenvalue weighted by atomic mass is 10.5. The number of amides is 2. The molecule has 2 rings (SSSR count). The molecule has 0 bridgehead atoms. The molecule has 0 saturated carbocycles. The first-order valence-corrected chi connectivity index (χ1v) is 3.47. The van der Waals surface area contributed by atoms with Crippen LogP contribution >= 0.6 is 0 Å². The Labute approximate surface area is 72.3 Å². The molecule has 2 heterocycles. The summed E-state index contributed by atoms with van der Waals surface area (Å²) in [7, 11) is 0. The molecule has 6 nitrogen and oxygen atoms in total. The van der Waals surface area contributed by atoms with Crippen LogP contribution < -0.4 is 5.56 Å². The average molecular weight is 176 g/mol. The zero-order valence-corrected chi connectivity index (χ0v) is 6.41. The van der Waals surface area contributed by atoms with Gasteiger partial charge < -0.3 is 0 Å². The van der Waals surface area contributed by atoms with Crippen molar-refractivity contribution in [2.45, 2.75) is 0 Å². The van der Waals surface area contributed by atoms with Gasteiger partial charge in [-0.3, -0.25) is 9.36 Å². The molecule has 1 aromatic rings. The minimum atomic E-state index is -0.547. The third-order valence-corrected chi connectivity index (χ3v) is 1.45. The standard InChI is InChI=1S/C7H4N4O2/c12-6-1-2-11(4-9-6)5-3-8-7(13)10-5/h1-4H. The second-order valence-electron chi connectivity index (χ2n) is 2.32. The van der Waals surface area contributed by atoms with Gasteiger partial charge in [0.05, 0.1) is 6.21 Å². The molecule has 0 spiro atoms. The third kappa shape index (κ3) is 1.41. The summed E-state index contributed by atoms with van der Waals surface area (Å²) in [6.07, 6.45) is 4.07. The van der Waals surface area contributed by atoms with E-state index in [1.54, 1.807) is 0 Å². The summed E-state index contributed by atoms with van der Waals surface area (Å²) < 4.78 is 1.44. The average Bonchev–Trinajstić information content (AvgIpc) is 2.53. The maximum atomic E-state index is 10.6. The van der Waals surface area contributed by atoms with Crippen molar-refractivity contribution in [2.75, 3.05) is 0 Å². The van der Waals surface area contributed by atoms with Gasteiger partial charge in [-0.25, -0.2) is 4.79 Å². The Hall–Kier alpha value is -2.11. The number of carbonyl (C=O) groups excluding carboxylic acids is 1. The van der Waals surface area contributed by atoms with E-state index in [1.807, 2.05) is 0 Å². The maximum absolute atomic E-state index is 10.6. The predicted octanol–water partition coefficient (Wildman–Crippen LogP) is -0.306. The van der Waals surface area contributed by atoms with E-state index >= 15 is 0 Å². The van der Waals surface area contributed by atoms with Crippen molar-refractivity contribution >= 4 is 18.1 Å². The normalized spacial score (nSPS) is 14.8. The van der Waals surface area contributed by atoms with Crippen molar-refractivity contribution in [3.8, 4) is 0 Å². The Kier molecular flexibility index (Phi) is 1.59. The van der Waals surface area contributed by atoms with Crippen molar-refractivity contribution in [2.24, 2.45) is 9.98 Å². The lowest BCUT2D eigenvalue weighted by Gasteiger charge is -1.98. The lowest BCUT2D eigenvalue weighted by molar-refractivity contribution is 0.257. The highest BCUT2D eigenvalue weighted by molar-refractivity contribution is 6.37. The van der Waals surface area contributed by atoms with Gasteiger partial charge in [-0.05, 0) is 0 Å². The van der Waals surface area contributed by atoms with E-state index in [4.69, 9.17) is 0 Å². The first-order valence-electron chi connectivity index (χ1n) is 3.47. The van der Waals surface area contributed by atoms with Gasteiger partial charge in [-0.15, -0.1) is 0 Å². The van der Waals surface area contributed by atoms with Crippen LogP contribution in [-0.4, -0.2) is 27.6 Å². The molecule has 0 radical (unpaired) electrons. The smallest absolute Gasteiger partial charge is 0.290 e. The number of rotatable bonds is 0. The highest BCUT2D eigenvalue weighted by atomic mass is 16.2. The van der Waals surface area contributed by atoms with Gasteiger partial charge in [0, 0.05) is 12.3 Å². The molecule has 1 aliphatic rings. The Morgan fingerprint density at radius 2 is 2.15 bits per heavy atom. The van der Waals surface area contributed by atoms with Crippen molar-refractivity contribution in [1.82, 2.24) is 9.55 Å². The van der Waals surface area contributed by atoms with Crippen LogP contribution in [0, 0.1) is 0 Å². The van der Waals surface area contributed by atoms with Gasteiger partial charge in [-0.1, -0.05) is 0 Å². The fraction of sp³-hybridized carbons (Fsp3) is 0. The summed E-state index contributed by atoms with van der Waals surface area (Å²) >= 11 is 0. The van der Waals surface area contributed by atoms with E-state index in [2.05, 4.69) is 15.0 Å². The van der Waals surface area contributed by atoms with Crippen molar-refractivity contribution in [3.63, 3.8) is 0 Å². The fourth-order valence-corrected chi connectivity index (χ4v) is 0.873. The van der Waals surface area contributed by atoms with Gasteiger partial charge >= 0.3 is 6.03 Å². The van der Waals surface area contributed by atoms with Crippen LogP contribution in [0.25, 0.3) is 0 Å². The summed E-state index contributed by atoms with van der Waals surface area (Å²) in [6.45, 7) is 0. The molecule has 0 N–H and O–H groups in total. The zero-order valence-electron chi connectivity index (χ0n) is 6.41. The highest BCUT2D eigenvalue weighted by Gasteiger charge is 2.08. The Morgan fingerprint density at radius 3 is 2.69 bits per heavy atom. The largest absolute Gasteiger partial charge is 0.369 e. The minimum Gasteiger partial charge on any atom is -0.290 e. The number of nitrogens with zero attached hydrogens (tertiary/aromatic N) is 4. The van der Waals surface area contributed by atoms with E-state index in [0.29, 0.717) is 5.84 Å². The van der Waals surface area contributed by atoms with E-state index in [1.165, 1.54) is 29.4 Å². The van der Waals surface area contributed by atoms with Crippen LogP contribution in [0.4, 0.5) is 4.79 Å². The number of aromatic nitrogens is 2. The molecule has 6 heteroatoms. The molecule has 1 aliphatic heterocycles. The van der Waals surface area contributed by atoms with Crippen LogP contribution in [0.3, 0.4) is 0 Å². The first-order chi connectivity index (χ1) is 6.25. The summed E-state index contributed by atoms with van der Waals surface area (Å²) in [4.78, 5) is 31.7. The summed E-state index contributed by atoms with van der Waals surface area (Å²) in [6, 6.07) is 0.729. The topological polar surface area (TPSA) is 76.7 Å². The SMILES string of the molecule is O=C1N=CC(n2ccc(=O)nc2)=N1. The number of carbonyl (C=O) groups is 1. The minimum absolute atomic E-state index is 0.335. The van der Waals surface area contributed by atoms with Crippen LogP contribution in [0.1, 0.15) is 0 Å². The van der Waals surface area contributed by atoms with Crippen LogP contribution in [0.2, 0.25) is 0 Å². The molecule has 2 amide bonds. The van der Waals surface area contributed by atoms with Gasteiger partial charge in [-0.2, -0.15) is 15.0 Å². The quantitative estimate of drug-likeness (QED) is 0.544. The van der Waals surface area contributed by atoms with Gasteiger partial charge in [0.15, 0.2) is 5.84 Å². The summed E-state index contributed by atoms with van der Waals surface area (Å²) in [5, 5.41) is 0. The zero-order chi connectivity index (χ0) is 9.26. The molecular formula is C7H4N4O2. The Morgan fingerprint density at radius 1 is 1.31 bits per heavy atom. The van der Waals surface area contributed by atoms with Crippen LogP contribution in [0.15, 0.2) is 33.4 Å². The van der Waals surface area contributed by atoms with E-state index in [0.717, 1.165) is 0 Å². The van der Waals surface area contributed by atoms with Crippen LogP contribution in [-0.2, 0) is 0 Å². The second-order valence-corrected chi connectivity index (χ2v) is 2.32. The van der Waals surface area contributed by atoms with Gasteiger partial charge in [0.2, 0.25) is 0 Å². The van der Waals surface area contributed by atoms with E-state index < -0.39 is 6.03 Å². The molecule has 0 fully saturated rings. The predicted molar refractivity (Wildman–Crippen MR) is 45.2 cm³/mol. The molecule has 0 aliphatic carbocycles. The van der Waals surface area contributed by atoms with Crippen molar-refractivity contribution < 1.29 is 4.79 Å². The first kappa shape index (κ1) is 7.53.